The molecule has 0 saturated heterocycles. The van der Waals surface area contributed by atoms with Gasteiger partial charge in [0.2, 0.25) is 0 Å². The predicted octanol–water partition coefficient (Wildman–Crippen LogP) is 1.61. The van der Waals surface area contributed by atoms with Gasteiger partial charge in [0.15, 0.2) is 0 Å². The maximum atomic E-state index is 9.77. The van der Waals surface area contributed by atoms with Crippen molar-refractivity contribution in [2.75, 3.05) is 26.8 Å². The molecule has 0 aliphatic heterocycles. The first-order valence-electron chi connectivity index (χ1n) is 8.30. The quantitative estimate of drug-likeness (QED) is 0.716. The summed E-state index contributed by atoms with van der Waals surface area (Å²) in [5, 5.41) is 12.9. The lowest BCUT2D eigenvalue weighted by atomic mass is 10.1. The molecule has 1 aromatic rings. The summed E-state index contributed by atoms with van der Waals surface area (Å²) in [4.78, 5) is 0. The molecule has 0 amide bonds. The minimum Gasteiger partial charge on any atom is -0.491 e. The van der Waals surface area contributed by atoms with Gasteiger partial charge in [0.25, 0.3) is 0 Å². The molecule has 0 radical (unpaired) electrons. The normalized spacial score (nSPS) is 17.3. The van der Waals surface area contributed by atoms with Crippen molar-refractivity contribution >= 4 is 0 Å². The van der Waals surface area contributed by atoms with Gasteiger partial charge in [-0.2, -0.15) is 0 Å². The Balaban J connectivity index is 2.63. The number of aliphatic hydroxyl groups excluding tert-OH is 1. The third kappa shape index (κ3) is 7.15. The van der Waals surface area contributed by atoms with Crippen LogP contribution in [0.1, 0.15) is 24.9 Å². The van der Waals surface area contributed by atoms with Gasteiger partial charge in [0.1, 0.15) is 18.5 Å². The summed E-state index contributed by atoms with van der Waals surface area (Å²) in [5.74, 6) is 0.478. The van der Waals surface area contributed by atoms with E-state index in [1.807, 2.05) is 13.8 Å². The van der Waals surface area contributed by atoms with Crippen molar-refractivity contribution in [3.63, 3.8) is 0 Å². The fraction of sp³-hybridized carbons (Fsp3) is 0.600. The Morgan fingerprint density at radius 1 is 1.32 bits per heavy atom. The van der Waals surface area contributed by atoms with Gasteiger partial charge in [0, 0.05) is 22.4 Å². The Labute approximate surface area is 121 Å². The number of aryl methyl sites for hydroxylation is 1. The lowest BCUT2D eigenvalue weighted by molar-refractivity contribution is 0.104. The van der Waals surface area contributed by atoms with Crippen molar-refractivity contribution < 1.29 is 20.1 Å². The van der Waals surface area contributed by atoms with Crippen molar-refractivity contribution in [3.05, 3.63) is 29.8 Å². The molecule has 0 bridgehead atoms. The van der Waals surface area contributed by atoms with Gasteiger partial charge in [-0.3, -0.25) is 0 Å². The topological polar surface area (TPSA) is 50.7 Å². The molecular formula is C15H25NO3. The van der Waals surface area contributed by atoms with E-state index < -0.39 is 19.0 Å². The van der Waals surface area contributed by atoms with Crippen LogP contribution in [-0.4, -0.2) is 44.1 Å². The number of methoxy groups -OCH3 is 1. The molecule has 108 valence electrons. The Morgan fingerprint density at radius 2 is 2.00 bits per heavy atom. The molecule has 19 heavy (non-hydrogen) atoms. The first-order valence-corrected chi connectivity index (χ1v) is 6.30. The molecule has 1 rings (SSSR count). The Hall–Kier alpha value is -1.10. The lowest BCUT2D eigenvalue weighted by Gasteiger charge is -2.15. The minimum absolute atomic E-state index is 0.116. The Morgan fingerprint density at radius 3 is 2.58 bits per heavy atom. The summed E-state index contributed by atoms with van der Waals surface area (Å²) >= 11 is 0. The van der Waals surface area contributed by atoms with Gasteiger partial charge < -0.3 is 19.9 Å². The van der Waals surface area contributed by atoms with Crippen LogP contribution in [0.25, 0.3) is 0 Å². The second-order valence-corrected chi connectivity index (χ2v) is 4.48. The highest BCUT2D eigenvalue weighted by atomic mass is 16.5. The molecule has 0 heterocycles. The van der Waals surface area contributed by atoms with Gasteiger partial charge in [-0.05, 0) is 24.1 Å². The summed E-state index contributed by atoms with van der Waals surface area (Å²) in [5.41, 5.74) is 0.152. The summed E-state index contributed by atoms with van der Waals surface area (Å²) in [6, 6.07) is 6.26. The van der Waals surface area contributed by atoms with Crippen molar-refractivity contribution in [2.24, 2.45) is 0 Å². The van der Waals surface area contributed by atoms with Crippen LogP contribution < -0.4 is 10.1 Å². The second kappa shape index (κ2) is 8.91. The average molecular weight is 271 g/mol. The zero-order valence-corrected chi connectivity index (χ0v) is 11.6. The monoisotopic (exact) mass is 271 g/mol. The molecule has 1 unspecified atom stereocenters. The Bertz CT molecular complexity index is 480. The number of benzene rings is 1. The Kier molecular flexibility index (Phi) is 5.00. The zero-order valence-electron chi connectivity index (χ0n) is 15.6. The van der Waals surface area contributed by atoms with E-state index in [1.165, 1.54) is 12.1 Å². The van der Waals surface area contributed by atoms with E-state index in [0.717, 1.165) is 7.11 Å². The molecular weight excluding hydrogens is 242 g/mol. The fourth-order valence-corrected chi connectivity index (χ4v) is 1.37. The second-order valence-electron chi connectivity index (χ2n) is 4.48. The highest BCUT2D eigenvalue weighted by Gasteiger charge is 2.05. The van der Waals surface area contributed by atoms with Crippen LogP contribution >= 0.6 is 0 Å². The van der Waals surface area contributed by atoms with Crippen LogP contribution in [0.4, 0.5) is 0 Å². The van der Waals surface area contributed by atoms with Crippen LogP contribution in [-0.2, 0) is 11.1 Å². The smallest absolute Gasteiger partial charge is 0.119 e. The van der Waals surface area contributed by atoms with E-state index in [-0.39, 0.29) is 18.2 Å². The van der Waals surface area contributed by atoms with Crippen molar-refractivity contribution in [3.8, 4) is 5.75 Å². The standard InChI is InChI=1S/C15H25NO3/c1-12(2)16-10-14(17)11-19-15-6-4-13(5-7-15)8-9-18-3/h4-7,12,14,16-17H,8-11H2,1-3H3/i8D2,9D2. The maximum Gasteiger partial charge on any atom is 0.119 e. The molecule has 0 aromatic heterocycles. The number of hydrogen-bond donors (Lipinski definition) is 2. The van der Waals surface area contributed by atoms with E-state index >= 15 is 0 Å². The van der Waals surface area contributed by atoms with Crippen LogP contribution in [0.15, 0.2) is 24.3 Å². The third-order valence-electron chi connectivity index (χ3n) is 2.36. The molecule has 0 spiro atoms. The van der Waals surface area contributed by atoms with E-state index in [9.17, 15) is 5.11 Å². The molecule has 4 heteroatoms. The molecule has 0 aliphatic rings. The summed E-state index contributed by atoms with van der Waals surface area (Å²) in [7, 11) is 1.13. The largest absolute Gasteiger partial charge is 0.491 e. The number of hydrogen-bond acceptors (Lipinski definition) is 4. The van der Waals surface area contributed by atoms with Crippen LogP contribution in [0.2, 0.25) is 0 Å². The van der Waals surface area contributed by atoms with Crippen molar-refractivity contribution in [2.45, 2.75) is 32.4 Å². The molecule has 1 aromatic carbocycles. The maximum absolute atomic E-state index is 9.77. The van der Waals surface area contributed by atoms with Gasteiger partial charge in [-0.15, -0.1) is 0 Å². The molecule has 2 N–H and O–H groups in total. The molecule has 0 saturated carbocycles. The summed E-state index contributed by atoms with van der Waals surface area (Å²) in [6.07, 6.45) is -2.94. The van der Waals surface area contributed by atoms with E-state index in [0.29, 0.717) is 12.3 Å². The number of aliphatic hydroxyl groups is 1. The number of rotatable bonds is 9. The van der Waals surface area contributed by atoms with Gasteiger partial charge >= 0.3 is 0 Å². The van der Waals surface area contributed by atoms with Gasteiger partial charge in [0.05, 0.1) is 9.30 Å². The molecule has 0 fully saturated rings. The molecule has 1 atom stereocenters. The predicted molar refractivity (Wildman–Crippen MR) is 76.7 cm³/mol. The first-order chi connectivity index (χ1) is 10.6. The van der Waals surface area contributed by atoms with Crippen LogP contribution in [0, 0.1) is 0 Å². The van der Waals surface area contributed by atoms with Crippen molar-refractivity contribution in [1.82, 2.24) is 5.32 Å². The van der Waals surface area contributed by atoms with Crippen molar-refractivity contribution in [1.29, 1.82) is 0 Å². The average Bonchev–Trinajstić information content (AvgIpc) is 2.51. The van der Waals surface area contributed by atoms with Gasteiger partial charge in [-0.1, -0.05) is 26.0 Å². The highest BCUT2D eigenvalue weighted by Crippen LogP contribution is 2.12. The van der Waals surface area contributed by atoms with Crippen LogP contribution in [0.3, 0.4) is 0 Å². The summed E-state index contributed by atoms with van der Waals surface area (Å²) < 4.78 is 41.0. The van der Waals surface area contributed by atoms with E-state index in [4.69, 9.17) is 10.2 Å². The van der Waals surface area contributed by atoms with E-state index in [1.54, 1.807) is 12.1 Å². The third-order valence-corrected chi connectivity index (χ3v) is 2.36. The van der Waals surface area contributed by atoms with Crippen LogP contribution in [0.5, 0.6) is 5.75 Å². The number of nitrogens with one attached hydrogen (secondary N) is 1. The lowest BCUT2D eigenvalue weighted by Crippen LogP contribution is -2.35. The molecule has 0 aliphatic carbocycles. The highest BCUT2D eigenvalue weighted by molar-refractivity contribution is 5.27. The first kappa shape index (κ1) is 10.7. The minimum atomic E-state index is -2.44. The molecule has 4 nitrogen and oxygen atoms in total. The van der Waals surface area contributed by atoms with E-state index in [2.05, 4.69) is 10.1 Å². The summed E-state index contributed by atoms with van der Waals surface area (Å²) in [6.45, 7) is 2.07. The zero-order chi connectivity index (χ0) is 17.7. The SMILES string of the molecule is [2H]C([2H])(OC)C([2H])([2H])c1ccc(OCC(O)CNC(C)C)cc1. The van der Waals surface area contributed by atoms with Gasteiger partial charge in [-0.25, -0.2) is 0 Å². The fourth-order valence-electron chi connectivity index (χ4n) is 1.37. The number of ether oxygens (including phenoxy) is 2.